The summed E-state index contributed by atoms with van der Waals surface area (Å²) in [6.07, 6.45) is 0.390. The van der Waals surface area contributed by atoms with Crippen LogP contribution in [0.2, 0.25) is 0 Å². The zero-order valence-electron chi connectivity index (χ0n) is 9.51. The molecule has 0 aliphatic carbocycles. The summed E-state index contributed by atoms with van der Waals surface area (Å²) in [5, 5.41) is 3.78. The number of carbonyl (C=O) groups excluding carboxylic acids is 1. The lowest BCUT2D eigenvalue weighted by Crippen LogP contribution is -2.26. The first-order chi connectivity index (χ1) is 8.03. The Balaban J connectivity index is 2.29. The van der Waals surface area contributed by atoms with E-state index in [9.17, 15) is 13.2 Å². The lowest BCUT2D eigenvalue weighted by Gasteiger charge is -2.05. The Kier molecular flexibility index (Phi) is 5.60. The van der Waals surface area contributed by atoms with Gasteiger partial charge in [-0.2, -0.15) is 11.3 Å². The maximum atomic E-state index is 11.5. The zero-order chi connectivity index (χ0) is 12.7. The molecule has 0 radical (unpaired) electrons. The molecule has 0 saturated carbocycles. The first-order valence-corrected chi connectivity index (χ1v) is 7.68. The number of rotatable bonds is 7. The Hall–Kier alpha value is -0.920. The van der Waals surface area contributed by atoms with E-state index in [0.717, 1.165) is 5.56 Å². The van der Waals surface area contributed by atoms with Crippen molar-refractivity contribution in [2.75, 3.05) is 12.9 Å². The molecule has 0 aliphatic heterocycles. The van der Waals surface area contributed by atoms with Crippen LogP contribution in [0.25, 0.3) is 0 Å². The van der Waals surface area contributed by atoms with E-state index in [0.29, 0.717) is 6.54 Å². The first kappa shape index (κ1) is 14.1. The maximum absolute atomic E-state index is 11.5. The van der Waals surface area contributed by atoms with Gasteiger partial charge in [0.25, 0.3) is 0 Å². The van der Waals surface area contributed by atoms with E-state index >= 15 is 0 Å². The highest BCUT2D eigenvalue weighted by Crippen LogP contribution is 2.06. The molecule has 96 valence electrons. The van der Waals surface area contributed by atoms with Gasteiger partial charge in [-0.25, -0.2) is 13.1 Å². The molecule has 0 saturated heterocycles. The van der Waals surface area contributed by atoms with Gasteiger partial charge in [0.1, 0.15) is 0 Å². The van der Waals surface area contributed by atoms with Gasteiger partial charge in [-0.3, -0.25) is 4.79 Å². The van der Waals surface area contributed by atoms with E-state index < -0.39 is 16.0 Å². The molecular weight excluding hydrogens is 262 g/mol. The van der Waals surface area contributed by atoms with Crippen molar-refractivity contribution in [3.05, 3.63) is 22.4 Å². The van der Waals surface area contributed by atoms with Crippen LogP contribution in [0.1, 0.15) is 18.4 Å². The summed E-state index contributed by atoms with van der Waals surface area (Å²) >= 11 is 1.52. The van der Waals surface area contributed by atoms with Crippen LogP contribution in [0.15, 0.2) is 16.8 Å². The molecule has 0 bridgehead atoms. The Morgan fingerprint density at radius 1 is 1.53 bits per heavy atom. The third kappa shape index (κ3) is 5.81. The van der Waals surface area contributed by atoms with Gasteiger partial charge in [-0.15, -0.1) is 0 Å². The summed E-state index contributed by atoms with van der Waals surface area (Å²) in [5.74, 6) is -0.454. The van der Waals surface area contributed by atoms with Crippen LogP contribution in [-0.4, -0.2) is 27.2 Å². The minimum Gasteiger partial charge on any atom is -0.469 e. The molecule has 0 unspecified atom stereocenters. The summed E-state index contributed by atoms with van der Waals surface area (Å²) < 4.78 is 30.0. The number of nitrogens with one attached hydrogen (secondary N) is 1. The van der Waals surface area contributed by atoms with Crippen LogP contribution >= 0.6 is 11.3 Å². The van der Waals surface area contributed by atoms with Gasteiger partial charge < -0.3 is 4.74 Å². The van der Waals surface area contributed by atoms with Crippen LogP contribution in [0.4, 0.5) is 0 Å². The highest BCUT2D eigenvalue weighted by molar-refractivity contribution is 7.89. The van der Waals surface area contributed by atoms with Crippen molar-refractivity contribution in [1.82, 2.24) is 4.72 Å². The van der Waals surface area contributed by atoms with Crippen LogP contribution in [0.5, 0.6) is 0 Å². The van der Waals surface area contributed by atoms with E-state index in [1.807, 2.05) is 16.8 Å². The average Bonchev–Trinajstić information content (AvgIpc) is 2.79. The van der Waals surface area contributed by atoms with Crippen molar-refractivity contribution in [3.63, 3.8) is 0 Å². The largest absolute Gasteiger partial charge is 0.469 e. The lowest BCUT2D eigenvalue weighted by atomic mass is 10.3. The van der Waals surface area contributed by atoms with Gasteiger partial charge in [0.15, 0.2) is 0 Å². The minimum absolute atomic E-state index is 0.0633. The molecule has 1 heterocycles. The molecule has 1 rings (SSSR count). The number of methoxy groups -OCH3 is 1. The fourth-order valence-corrected chi connectivity index (χ4v) is 2.89. The van der Waals surface area contributed by atoms with E-state index in [1.165, 1.54) is 18.4 Å². The molecule has 0 aromatic carbocycles. The Morgan fingerprint density at radius 2 is 2.29 bits per heavy atom. The summed E-state index contributed by atoms with van der Waals surface area (Å²) in [6, 6.07) is 1.86. The van der Waals surface area contributed by atoms with Crippen LogP contribution < -0.4 is 4.72 Å². The third-order valence-corrected chi connectivity index (χ3v) is 4.24. The minimum atomic E-state index is -3.31. The number of ether oxygens (including phenoxy) is 1. The fourth-order valence-electron chi connectivity index (χ4n) is 1.17. The number of esters is 1. The second-order valence-corrected chi connectivity index (χ2v) is 6.16. The van der Waals surface area contributed by atoms with Gasteiger partial charge >= 0.3 is 5.97 Å². The molecule has 0 amide bonds. The molecule has 17 heavy (non-hydrogen) atoms. The van der Waals surface area contributed by atoms with Crippen molar-refractivity contribution in [2.24, 2.45) is 0 Å². The van der Waals surface area contributed by atoms with Crippen molar-refractivity contribution in [3.8, 4) is 0 Å². The number of hydrogen-bond donors (Lipinski definition) is 1. The van der Waals surface area contributed by atoms with E-state index in [1.54, 1.807) is 0 Å². The highest BCUT2D eigenvalue weighted by Gasteiger charge is 2.11. The zero-order valence-corrected chi connectivity index (χ0v) is 11.1. The smallest absolute Gasteiger partial charge is 0.305 e. The molecule has 0 atom stereocenters. The Morgan fingerprint density at radius 3 is 2.88 bits per heavy atom. The van der Waals surface area contributed by atoms with Gasteiger partial charge in [-0.1, -0.05) is 0 Å². The maximum Gasteiger partial charge on any atom is 0.305 e. The summed E-state index contributed by atoms with van der Waals surface area (Å²) in [5.41, 5.74) is 0.937. The monoisotopic (exact) mass is 277 g/mol. The third-order valence-electron chi connectivity index (χ3n) is 2.10. The summed E-state index contributed by atoms with van der Waals surface area (Å²) in [7, 11) is -2.03. The topological polar surface area (TPSA) is 72.5 Å². The van der Waals surface area contributed by atoms with Crippen molar-refractivity contribution < 1.29 is 17.9 Å². The van der Waals surface area contributed by atoms with Crippen molar-refractivity contribution >= 4 is 27.3 Å². The van der Waals surface area contributed by atoms with E-state index in [4.69, 9.17) is 0 Å². The number of sulfonamides is 1. The molecule has 1 aromatic rings. The fraction of sp³-hybridized carbons (Fsp3) is 0.500. The van der Waals surface area contributed by atoms with Crippen molar-refractivity contribution in [1.29, 1.82) is 0 Å². The predicted octanol–water partition coefficient (Wildman–Crippen LogP) is 1.12. The van der Waals surface area contributed by atoms with E-state index in [-0.39, 0.29) is 18.6 Å². The normalized spacial score (nSPS) is 11.4. The van der Waals surface area contributed by atoms with Crippen molar-refractivity contribution in [2.45, 2.75) is 19.4 Å². The molecular formula is C10H15NO4S2. The molecule has 0 aliphatic rings. The number of thiophene rings is 1. The second kappa shape index (κ2) is 6.73. The summed E-state index contributed by atoms with van der Waals surface area (Å²) in [4.78, 5) is 10.8. The Labute approximate surface area is 105 Å². The lowest BCUT2D eigenvalue weighted by molar-refractivity contribution is -0.140. The SMILES string of the molecule is COC(=O)CCCS(=O)(=O)NCc1ccsc1. The molecule has 0 fully saturated rings. The quantitative estimate of drug-likeness (QED) is 0.758. The van der Waals surface area contributed by atoms with Gasteiger partial charge in [0.05, 0.1) is 12.9 Å². The molecule has 0 spiro atoms. The van der Waals surface area contributed by atoms with Gasteiger partial charge in [0, 0.05) is 13.0 Å². The Bertz CT molecular complexity index is 439. The predicted molar refractivity (Wildman–Crippen MR) is 66.2 cm³/mol. The highest BCUT2D eigenvalue weighted by atomic mass is 32.2. The van der Waals surface area contributed by atoms with Gasteiger partial charge in [-0.05, 0) is 28.8 Å². The van der Waals surface area contributed by atoms with Gasteiger partial charge in [0.2, 0.25) is 10.0 Å². The summed E-state index contributed by atoms with van der Waals surface area (Å²) in [6.45, 7) is 0.296. The molecule has 1 aromatic heterocycles. The average molecular weight is 277 g/mol. The van der Waals surface area contributed by atoms with E-state index in [2.05, 4.69) is 9.46 Å². The molecule has 5 nitrogen and oxygen atoms in total. The van der Waals surface area contributed by atoms with Crippen LogP contribution in [-0.2, 0) is 26.1 Å². The molecule has 1 N–H and O–H groups in total. The number of carbonyl (C=O) groups is 1. The second-order valence-electron chi connectivity index (χ2n) is 3.45. The number of hydrogen-bond acceptors (Lipinski definition) is 5. The standard InChI is InChI=1S/C10H15NO4S2/c1-15-10(12)3-2-6-17(13,14)11-7-9-4-5-16-8-9/h4-5,8,11H,2-3,6-7H2,1H3. The van der Waals surface area contributed by atoms with Crippen LogP contribution in [0.3, 0.4) is 0 Å². The molecule has 7 heteroatoms. The first-order valence-electron chi connectivity index (χ1n) is 5.09. The van der Waals surface area contributed by atoms with Crippen LogP contribution in [0, 0.1) is 0 Å².